The molecule has 0 amide bonds. The summed E-state index contributed by atoms with van der Waals surface area (Å²) < 4.78 is 32.4. The molecule has 2 rings (SSSR count). The van der Waals surface area contributed by atoms with E-state index >= 15 is 0 Å². The summed E-state index contributed by atoms with van der Waals surface area (Å²) in [6, 6.07) is 11.6. The van der Waals surface area contributed by atoms with Crippen molar-refractivity contribution in [3.63, 3.8) is 0 Å². The van der Waals surface area contributed by atoms with Crippen molar-refractivity contribution in [2.75, 3.05) is 24.2 Å². The van der Waals surface area contributed by atoms with Gasteiger partial charge in [-0.3, -0.25) is 4.31 Å². The quantitative estimate of drug-likeness (QED) is 0.839. The van der Waals surface area contributed by atoms with Crippen molar-refractivity contribution < 1.29 is 13.2 Å². The lowest BCUT2D eigenvalue weighted by Crippen LogP contribution is -2.27. The van der Waals surface area contributed by atoms with Gasteiger partial charge in [0.1, 0.15) is 10.6 Å². The number of halogens is 1. The van der Waals surface area contributed by atoms with E-state index < -0.39 is 10.0 Å². The van der Waals surface area contributed by atoms with Crippen LogP contribution in [0.5, 0.6) is 5.75 Å². The van der Waals surface area contributed by atoms with E-state index in [1.807, 2.05) is 0 Å². The zero-order valence-electron chi connectivity index (χ0n) is 11.6. The Morgan fingerprint density at radius 2 is 1.86 bits per heavy atom. The van der Waals surface area contributed by atoms with E-state index in [0.29, 0.717) is 21.6 Å². The van der Waals surface area contributed by atoms with Crippen molar-refractivity contribution in [2.45, 2.75) is 4.90 Å². The number of ether oxygens (including phenoxy) is 1. The Morgan fingerprint density at radius 1 is 1.19 bits per heavy atom. The Hall–Kier alpha value is -1.73. The van der Waals surface area contributed by atoms with Gasteiger partial charge in [-0.2, -0.15) is 0 Å². The van der Waals surface area contributed by atoms with Gasteiger partial charge in [0.25, 0.3) is 10.0 Å². The van der Waals surface area contributed by atoms with Crippen molar-refractivity contribution in [3.05, 3.63) is 46.9 Å². The van der Waals surface area contributed by atoms with Crippen LogP contribution >= 0.6 is 15.9 Å². The van der Waals surface area contributed by atoms with Gasteiger partial charge in [0.2, 0.25) is 0 Å². The zero-order valence-corrected chi connectivity index (χ0v) is 14.0. The lowest BCUT2D eigenvalue weighted by Gasteiger charge is -2.22. The lowest BCUT2D eigenvalue weighted by atomic mass is 10.3. The second kappa shape index (κ2) is 5.95. The molecule has 112 valence electrons. The van der Waals surface area contributed by atoms with Crippen LogP contribution in [0.15, 0.2) is 51.8 Å². The van der Waals surface area contributed by atoms with Crippen LogP contribution in [0.25, 0.3) is 0 Å². The van der Waals surface area contributed by atoms with Crippen molar-refractivity contribution in [1.29, 1.82) is 0 Å². The molecule has 0 spiro atoms. The summed E-state index contributed by atoms with van der Waals surface area (Å²) in [5.41, 5.74) is 6.52. The summed E-state index contributed by atoms with van der Waals surface area (Å²) in [7, 11) is -0.781. The second-order valence-electron chi connectivity index (χ2n) is 4.33. The topological polar surface area (TPSA) is 72.6 Å². The molecule has 0 bridgehead atoms. The summed E-state index contributed by atoms with van der Waals surface area (Å²) in [6.45, 7) is 0. The fourth-order valence-electron chi connectivity index (χ4n) is 1.88. The number of anilines is 2. The van der Waals surface area contributed by atoms with Crippen LogP contribution in [-0.4, -0.2) is 22.6 Å². The number of methoxy groups -OCH3 is 1. The minimum Gasteiger partial charge on any atom is -0.495 e. The minimum atomic E-state index is -3.75. The molecule has 0 saturated heterocycles. The fraction of sp³-hybridized carbons (Fsp3) is 0.143. The Labute approximate surface area is 132 Å². The number of nitrogens with zero attached hydrogens (tertiary/aromatic N) is 1. The predicted molar refractivity (Wildman–Crippen MR) is 87.1 cm³/mol. The molecular weight excluding hydrogens is 356 g/mol. The number of para-hydroxylation sites is 2. The van der Waals surface area contributed by atoms with Crippen LogP contribution in [0.2, 0.25) is 0 Å². The van der Waals surface area contributed by atoms with Gasteiger partial charge in [-0.1, -0.05) is 12.1 Å². The van der Waals surface area contributed by atoms with Crippen molar-refractivity contribution in [1.82, 2.24) is 0 Å². The normalized spacial score (nSPS) is 11.2. The Kier molecular flexibility index (Phi) is 4.43. The number of nitrogen functional groups attached to an aromatic ring is 1. The highest BCUT2D eigenvalue weighted by molar-refractivity contribution is 9.10. The zero-order chi connectivity index (χ0) is 15.6. The SMILES string of the molecule is COc1ccccc1N(C)S(=O)(=O)c1cc(N)ccc1Br. The highest BCUT2D eigenvalue weighted by atomic mass is 79.9. The molecule has 0 unspecified atom stereocenters. The molecule has 0 radical (unpaired) electrons. The largest absolute Gasteiger partial charge is 0.495 e. The molecule has 0 heterocycles. The second-order valence-corrected chi connectivity index (χ2v) is 7.13. The Morgan fingerprint density at radius 3 is 2.52 bits per heavy atom. The minimum absolute atomic E-state index is 0.107. The average Bonchev–Trinajstić information content (AvgIpc) is 2.48. The van der Waals surface area contributed by atoms with Crippen LogP contribution in [0.1, 0.15) is 0 Å². The molecule has 2 N–H and O–H groups in total. The molecule has 0 aliphatic heterocycles. The average molecular weight is 371 g/mol. The van der Waals surface area contributed by atoms with Gasteiger partial charge in [-0.25, -0.2) is 8.42 Å². The van der Waals surface area contributed by atoms with Crippen LogP contribution in [0, 0.1) is 0 Å². The van der Waals surface area contributed by atoms with Gasteiger partial charge in [-0.15, -0.1) is 0 Å². The Bertz CT molecular complexity index is 763. The summed E-state index contributed by atoms with van der Waals surface area (Å²) in [5, 5.41) is 0. The van der Waals surface area contributed by atoms with Crippen molar-refractivity contribution in [3.8, 4) is 5.75 Å². The number of hydrogen-bond acceptors (Lipinski definition) is 4. The third kappa shape index (κ3) is 2.98. The molecule has 0 atom stereocenters. The summed E-state index contributed by atoms with van der Waals surface area (Å²) in [6.07, 6.45) is 0. The first kappa shape index (κ1) is 15.7. The van der Waals surface area contributed by atoms with E-state index in [2.05, 4.69) is 15.9 Å². The fourth-order valence-corrected chi connectivity index (χ4v) is 4.05. The van der Waals surface area contributed by atoms with Crippen LogP contribution < -0.4 is 14.8 Å². The number of benzene rings is 2. The van der Waals surface area contributed by atoms with E-state index in [4.69, 9.17) is 10.5 Å². The van der Waals surface area contributed by atoms with Gasteiger partial charge < -0.3 is 10.5 Å². The van der Waals surface area contributed by atoms with Gasteiger partial charge in [0.05, 0.1) is 12.8 Å². The standard InChI is InChI=1S/C14H15BrN2O3S/c1-17(12-5-3-4-6-13(12)20-2)21(18,19)14-9-10(16)7-8-11(14)15/h3-9H,16H2,1-2H3. The highest BCUT2D eigenvalue weighted by Gasteiger charge is 2.25. The molecule has 21 heavy (non-hydrogen) atoms. The van der Waals surface area contributed by atoms with Crippen LogP contribution in [0.3, 0.4) is 0 Å². The number of rotatable bonds is 4. The number of hydrogen-bond donors (Lipinski definition) is 1. The third-order valence-corrected chi connectivity index (χ3v) is 5.78. The molecule has 0 saturated carbocycles. The molecular formula is C14H15BrN2O3S. The monoisotopic (exact) mass is 370 g/mol. The van der Waals surface area contributed by atoms with E-state index in [1.165, 1.54) is 24.5 Å². The molecule has 2 aromatic carbocycles. The van der Waals surface area contributed by atoms with Crippen LogP contribution in [-0.2, 0) is 10.0 Å². The van der Waals surface area contributed by atoms with E-state index in [1.54, 1.807) is 36.4 Å². The first-order valence-corrected chi connectivity index (χ1v) is 8.28. The molecule has 0 aliphatic rings. The van der Waals surface area contributed by atoms with Crippen molar-refractivity contribution >= 4 is 37.3 Å². The molecule has 2 aromatic rings. The van der Waals surface area contributed by atoms with Gasteiger partial charge in [-0.05, 0) is 46.3 Å². The van der Waals surface area contributed by atoms with Crippen LogP contribution in [0.4, 0.5) is 11.4 Å². The number of nitrogens with two attached hydrogens (primary N) is 1. The van der Waals surface area contributed by atoms with E-state index in [-0.39, 0.29) is 4.90 Å². The van der Waals surface area contributed by atoms with Crippen molar-refractivity contribution in [2.24, 2.45) is 0 Å². The maximum Gasteiger partial charge on any atom is 0.265 e. The predicted octanol–water partition coefficient (Wildman–Crippen LogP) is 2.87. The highest BCUT2D eigenvalue weighted by Crippen LogP contribution is 2.33. The summed E-state index contributed by atoms with van der Waals surface area (Å²) in [4.78, 5) is 0.107. The molecule has 0 fully saturated rings. The molecule has 0 aliphatic carbocycles. The number of sulfonamides is 1. The van der Waals surface area contributed by atoms with Gasteiger partial charge in [0, 0.05) is 17.2 Å². The summed E-state index contributed by atoms with van der Waals surface area (Å²) >= 11 is 3.25. The third-order valence-electron chi connectivity index (χ3n) is 3.02. The smallest absolute Gasteiger partial charge is 0.265 e. The molecule has 5 nitrogen and oxygen atoms in total. The lowest BCUT2D eigenvalue weighted by molar-refractivity contribution is 0.416. The van der Waals surface area contributed by atoms with E-state index in [0.717, 1.165) is 0 Å². The first-order chi connectivity index (χ1) is 9.87. The Balaban J connectivity index is 2.55. The van der Waals surface area contributed by atoms with Gasteiger partial charge in [0.15, 0.2) is 0 Å². The maximum atomic E-state index is 12.8. The first-order valence-electron chi connectivity index (χ1n) is 6.05. The summed E-state index contributed by atoms with van der Waals surface area (Å²) in [5.74, 6) is 0.476. The maximum absolute atomic E-state index is 12.8. The molecule has 7 heteroatoms. The molecule has 0 aromatic heterocycles. The van der Waals surface area contributed by atoms with E-state index in [9.17, 15) is 8.42 Å². The van der Waals surface area contributed by atoms with Gasteiger partial charge >= 0.3 is 0 Å².